The first-order chi connectivity index (χ1) is 20.4. The van der Waals surface area contributed by atoms with Crippen LogP contribution < -0.4 is 0 Å². The third-order valence-electron chi connectivity index (χ3n) is 8.88. The molecule has 42 heavy (non-hydrogen) atoms. The van der Waals surface area contributed by atoms with E-state index in [1.807, 2.05) is 30.0 Å². The first-order valence-corrected chi connectivity index (χ1v) is 15.5. The molecule has 0 N–H and O–H groups in total. The van der Waals surface area contributed by atoms with E-state index in [4.69, 9.17) is 14.6 Å². The monoisotopic (exact) mass is 568 g/mol. The van der Waals surface area contributed by atoms with Crippen LogP contribution in [0.5, 0.6) is 0 Å². The molecular formula is C34H40N4O4. The molecule has 8 heteroatoms. The van der Waals surface area contributed by atoms with Crippen LogP contribution >= 0.6 is 0 Å². The third kappa shape index (κ3) is 5.59. The van der Waals surface area contributed by atoms with Gasteiger partial charge in [-0.2, -0.15) is 0 Å². The first kappa shape index (κ1) is 28.2. The maximum atomic E-state index is 13.8. The maximum absolute atomic E-state index is 13.8. The normalized spacial score (nSPS) is 21.2. The molecule has 3 aromatic rings. The average Bonchev–Trinajstić information content (AvgIpc) is 3.49. The molecule has 3 fully saturated rings. The number of aryl methyl sites for hydroxylation is 1. The SMILES string of the molecule is CCn1c2ccc(/C=C3\O/C(=N\C4CCCCC4)N(C4CCCCC4)C3=O)cc2c2cc(/C(C)=N/OC(C)=O)ccc21. The van der Waals surface area contributed by atoms with Crippen LogP contribution in [-0.2, 0) is 25.7 Å². The van der Waals surface area contributed by atoms with Gasteiger partial charge >= 0.3 is 12.0 Å². The fraction of sp³-hybridized carbons (Fsp3) is 0.471. The predicted molar refractivity (Wildman–Crippen MR) is 166 cm³/mol. The fourth-order valence-electron chi connectivity index (χ4n) is 6.72. The number of hydrogen-bond donors (Lipinski definition) is 0. The Morgan fingerprint density at radius 2 is 1.62 bits per heavy atom. The van der Waals surface area contributed by atoms with Crippen LogP contribution in [0.3, 0.4) is 0 Å². The maximum Gasteiger partial charge on any atom is 0.331 e. The summed E-state index contributed by atoms with van der Waals surface area (Å²) in [5.74, 6) is -0.181. The number of aliphatic imine (C=N–C) groups is 1. The minimum atomic E-state index is -0.451. The van der Waals surface area contributed by atoms with Gasteiger partial charge in [-0.1, -0.05) is 55.8 Å². The highest BCUT2D eigenvalue weighted by Gasteiger charge is 2.40. The van der Waals surface area contributed by atoms with Gasteiger partial charge in [-0.3, -0.25) is 9.69 Å². The lowest BCUT2D eigenvalue weighted by atomic mass is 9.94. The molecule has 1 aromatic heterocycles. The molecule has 0 atom stereocenters. The van der Waals surface area contributed by atoms with Crippen molar-refractivity contribution in [2.45, 2.75) is 104 Å². The number of carbonyl (C=O) groups excluding carboxylic acids is 2. The molecule has 2 aliphatic carbocycles. The van der Waals surface area contributed by atoms with Gasteiger partial charge in [-0.25, -0.2) is 9.79 Å². The van der Waals surface area contributed by atoms with Gasteiger partial charge in [0.1, 0.15) is 0 Å². The molecule has 220 valence electrons. The van der Waals surface area contributed by atoms with Crippen molar-refractivity contribution in [1.82, 2.24) is 9.47 Å². The number of hydrogen-bond acceptors (Lipinski definition) is 6. The molecule has 0 unspecified atom stereocenters. The van der Waals surface area contributed by atoms with Crippen LogP contribution in [0.15, 0.2) is 52.3 Å². The Bertz CT molecular complexity index is 1600. The summed E-state index contributed by atoms with van der Waals surface area (Å²) in [5.41, 5.74) is 4.63. The highest BCUT2D eigenvalue weighted by molar-refractivity contribution is 6.13. The summed E-state index contributed by atoms with van der Waals surface area (Å²) in [4.78, 5) is 36.8. The van der Waals surface area contributed by atoms with Crippen LogP contribution in [0.1, 0.15) is 96.1 Å². The van der Waals surface area contributed by atoms with Gasteiger partial charge in [0.2, 0.25) is 0 Å². The van der Waals surface area contributed by atoms with Gasteiger partial charge < -0.3 is 14.1 Å². The molecule has 1 aliphatic heterocycles. The van der Waals surface area contributed by atoms with Crippen molar-refractivity contribution in [1.29, 1.82) is 0 Å². The number of fused-ring (bicyclic) bond motifs is 3. The second-order valence-electron chi connectivity index (χ2n) is 11.8. The number of nitrogens with zero attached hydrogens (tertiary/aromatic N) is 4. The molecule has 1 saturated heterocycles. The molecular weight excluding hydrogens is 528 g/mol. The number of carbonyl (C=O) groups is 2. The standard InChI is InChI=1S/C34H40N4O4/c1-4-37-30-17-15-24(19-28(30)29-21-25(16-18-31(29)37)22(2)36-42-23(3)39)20-32-33(40)38(27-13-9-6-10-14-27)34(41-32)35-26-11-7-5-8-12-26/h15-21,26-27H,4-14H2,1-3H3/b32-20-,35-34-,36-22+. The van der Waals surface area contributed by atoms with Crippen molar-refractivity contribution < 1.29 is 19.2 Å². The van der Waals surface area contributed by atoms with E-state index in [9.17, 15) is 9.59 Å². The molecule has 1 amide bonds. The lowest BCUT2D eigenvalue weighted by Crippen LogP contribution is -2.41. The Morgan fingerprint density at radius 3 is 2.31 bits per heavy atom. The molecule has 2 saturated carbocycles. The largest absolute Gasteiger partial charge is 0.420 e. The lowest BCUT2D eigenvalue weighted by molar-refractivity contribution is -0.140. The number of benzene rings is 2. The summed E-state index contributed by atoms with van der Waals surface area (Å²) in [6.07, 6.45) is 13.1. The minimum absolute atomic E-state index is 0.0767. The van der Waals surface area contributed by atoms with Crippen molar-refractivity contribution >= 4 is 51.5 Å². The van der Waals surface area contributed by atoms with Crippen molar-refractivity contribution in [3.05, 3.63) is 53.3 Å². The van der Waals surface area contributed by atoms with Gasteiger partial charge in [-0.15, -0.1) is 0 Å². The molecule has 6 rings (SSSR count). The molecule has 2 heterocycles. The van der Waals surface area contributed by atoms with Crippen molar-refractivity contribution in [2.75, 3.05) is 0 Å². The van der Waals surface area contributed by atoms with Gasteiger partial charge in [0.15, 0.2) is 5.76 Å². The van der Waals surface area contributed by atoms with Gasteiger partial charge in [0.25, 0.3) is 5.91 Å². The Kier molecular flexibility index (Phi) is 8.13. The van der Waals surface area contributed by atoms with Gasteiger partial charge in [0.05, 0.1) is 11.8 Å². The topological polar surface area (TPSA) is 85.5 Å². The van der Waals surface area contributed by atoms with Crippen LogP contribution in [0.2, 0.25) is 0 Å². The van der Waals surface area contributed by atoms with E-state index >= 15 is 0 Å². The highest BCUT2D eigenvalue weighted by Crippen LogP contribution is 2.34. The van der Waals surface area contributed by atoms with Crippen LogP contribution in [0.25, 0.3) is 27.9 Å². The predicted octanol–water partition coefficient (Wildman–Crippen LogP) is 7.32. The summed E-state index contributed by atoms with van der Waals surface area (Å²) in [6.45, 7) is 6.11. The number of aromatic nitrogens is 1. The number of oxime groups is 1. The summed E-state index contributed by atoms with van der Waals surface area (Å²) in [6, 6.07) is 13.3. The molecule has 0 radical (unpaired) electrons. The second kappa shape index (κ2) is 12.1. The number of rotatable bonds is 6. The second-order valence-corrected chi connectivity index (χ2v) is 11.8. The fourth-order valence-corrected chi connectivity index (χ4v) is 6.72. The quantitative estimate of drug-likeness (QED) is 0.135. The Labute approximate surface area is 247 Å². The van der Waals surface area contributed by atoms with Crippen LogP contribution in [0, 0.1) is 0 Å². The summed E-state index contributed by atoms with van der Waals surface area (Å²) in [7, 11) is 0. The highest BCUT2D eigenvalue weighted by atomic mass is 16.7. The van der Waals surface area contributed by atoms with E-state index in [2.05, 4.69) is 40.9 Å². The van der Waals surface area contributed by atoms with Crippen LogP contribution in [-0.4, -0.2) is 45.2 Å². The van der Waals surface area contributed by atoms with Crippen molar-refractivity contribution in [3.8, 4) is 0 Å². The average molecular weight is 569 g/mol. The van der Waals surface area contributed by atoms with E-state index in [1.165, 1.54) is 32.6 Å². The first-order valence-electron chi connectivity index (χ1n) is 15.5. The van der Waals surface area contributed by atoms with E-state index in [1.54, 1.807) is 0 Å². The molecule has 0 bridgehead atoms. The Morgan fingerprint density at radius 1 is 0.952 bits per heavy atom. The summed E-state index contributed by atoms with van der Waals surface area (Å²) >= 11 is 0. The smallest absolute Gasteiger partial charge is 0.331 e. The zero-order chi connectivity index (χ0) is 29.2. The van der Waals surface area contributed by atoms with E-state index in [0.29, 0.717) is 17.5 Å². The molecule has 2 aromatic carbocycles. The van der Waals surface area contributed by atoms with Crippen molar-refractivity contribution in [3.63, 3.8) is 0 Å². The Hall–Kier alpha value is -3.94. The number of amidine groups is 1. The molecule has 0 spiro atoms. The van der Waals surface area contributed by atoms with Crippen molar-refractivity contribution in [2.24, 2.45) is 10.1 Å². The zero-order valence-electron chi connectivity index (χ0n) is 24.9. The third-order valence-corrected chi connectivity index (χ3v) is 8.88. The lowest BCUT2D eigenvalue weighted by Gasteiger charge is -2.29. The minimum Gasteiger partial charge on any atom is -0.420 e. The van der Waals surface area contributed by atoms with Gasteiger partial charge in [0, 0.05) is 41.3 Å². The molecule has 3 aliphatic rings. The number of amides is 1. The Balaban J connectivity index is 1.38. The van der Waals surface area contributed by atoms with Gasteiger partial charge in [-0.05, 0) is 81.0 Å². The van der Waals surface area contributed by atoms with E-state index in [-0.39, 0.29) is 18.0 Å². The summed E-state index contributed by atoms with van der Waals surface area (Å²) < 4.78 is 8.57. The van der Waals surface area contributed by atoms with E-state index in [0.717, 1.165) is 78.0 Å². The number of ether oxygens (including phenoxy) is 1. The summed E-state index contributed by atoms with van der Waals surface area (Å²) in [5, 5.41) is 6.13. The molecule has 8 nitrogen and oxygen atoms in total. The van der Waals surface area contributed by atoms with Crippen LogP contribution in [0.4, 0.5) is 0 Å². The van der Waals surface area contributed by atoms with E-state index < -0.39 is 5.97 Å². The zero-order valence-corrected chi connectivity index (χ0v) is 24.9.